The van der Waals surface area contributed by atoms with Gasteiger partial charge in [-0.3, -0.25) is 10.2 Å². The lowest BCUT2D eigenvalue weighted by Gasteiger charge is -2.28. The Balaban J connectivity index is 2.57. The summed E-state index contributed by atoms with van der Waals surface area (Å²) in [4.78, 5) is 23.1. The molecule has 0 saturated carbocycles. The van der Waals surface area contributed by atoms with Crippen molar-refractivity contribution in [1.29, 1.82) is 0 Å². The number of thiol groups is 1. The van der Waals surface area contributed by atoms with Gasteiger partial charge in [-0.25, -0.2) is 9.80 Å². The molecule has 0 aliphatic carbocycles. The fourth-order valence-corrected chi connectivity index (χ4v) is 2.18. The maximum atomic E-state index is 11.8. The van der Waals surface area contributed by atoms with Crippen LogP contribution in [0, 0.1) is 0 Å². The molecule has 22 heavy (non-hydrogen) atoms. The normalized spacial score (nSPS) is 12.0. The number of carbonyl (C=O) groups excluding carboxylic acids is 1. The van der Waals surface area contributed by atoms with Gasteiger partial charge < -0.3 is 9.84 Å². The number of carboxylic acids is 1. The Kier molecular flexibility index (Phi) is 8.39. The fourth-order valence-electron chi connectivity index (χ4n) is 1.94. The molecule has 0 aliphatic heterocycles. The second-order valence-electron chi connectivity index (χ2n) is 4.73. The van der Waals surface area contributed by atoms with Gasteiger partial charge in [0.15, 0.2) is 0 Å². The third-order valence-electron chi connectivity index (χ3n) is 2.98. The van der Waals surface area contributed by atoms with Crippen molar-refractivity contribution >= 4 is 24.7 Å². The number of benzene rings is 1. The lowest BCUT2D eigenvalue weighted by Crippen LogP contribution is -2.52. The monoisotopic (exact) mass is 326 g/mol. The van der Waals surface area contributed by atoms with Gasteiger partial charge in [0.2, 0.25) is 0 Å². The third kappa shape index (κ3) is 6.36. The number of amides is 1. The number of hydrazine groups is 1. The summed E-state index contributed by atoms with van der Waals surface area (Å²) in [5, 5.41) is 10.6. The molecule has 0 spiro atoms. The first-order chi connectivity index (χ1) is 10.6. The fraction of sp³-hybridized carbons (Fsp3) is 0.467. The Morgan fingerprint density at radius 2 is 2.05 bits per heavy atom. The minimum absolute atomic E-state index is 0.136. The number of ether oxygens (including phenoxy) is 1. The van der Waals surface area contributed by atoms with Crippen molar-refractivity contribution in [3.63, 3.8) is 0 Å². The van der Waals surface area contributed by atoms with E-state index in [2.05, 4.69) is 18.1 Å². The van der Waals surface area contributed by atoms with Gasteiger partial charge in [0.25, 0.3) is 0 Å². The van der Waals surface area contributed by atoms with E-state index in [1.54, 1.807) is 0 Å². The molecule has 1 atom stereocenters. The number of rotatable bonds is 9. The number of carbonyl (C=O) groups is 2. The highest BCUT2D eigenvalue weighted by atomic mass is 32.1. The van der Waals surface area contributed by atoms with Crippen LogP contribution in [0.5, 0.6) is 0 Å². The van der Waals surface area contributed by atoms with Crippen molar-refractivity contribution in [1.82, 2.24) is 10.4 Å². The SMILES string of the molecule is CCCN(NC(=O)OCc1ccccc1)[C@@H](CCS)C(=O)O. The van der Waals surface area contributed by atoms with Gasteiger partial charge >= 0.3 is 12.1 Å². The lowest BCUT2D eigenvalue weighted by molar-refractivity contribution is -0.144. The molecule has 0 fully saturated rings. The average molecular weight is 326 g/mol. The first kappa shape index (κ1) is 18.3. The number of nitrogens with zero attached hydrogens (tertiary/aromatic N) is 1. The van der Waals surface area contributed by atoms with E-state index in [1.807, 2.05) is 37.3 Å². The summed E-state index contributed by atoms with van der Waals surface area (Å²) in [5.74, 6) is -0.580. The van der Waals surface area contributed by atoms with Crippen LogP contribution in [-0.4, -0.2) is 40.5 Å². The van der Waals surface area contributed by atoms with E-state index in [-0.39, 0.29) is 6.61 Å². The zero-order valence-electron chi connectivity index (χ0n) is 12.6. The maximum absolute atomic E-state index is 11.8. The van der Waals surface area contributed by atoms with Crippen molar-refractivity contribution in [2.75, 3.05) is 12.3 Å². The summed E-state index contributed by atoms with van der Waals surface area (Å²) >= 11 is 4.06. The number of carboxylic acid groups (broad SMARTS) is 1. The molecule has 1 aromatic rings. The van der Waals surface area contributed by atoms with Crippen LogP contribution in [0.15, 0.2) is 30.3 Å². The van der Waals surface area contributed by atoms with Crippen LogP contribution in [0.4, 0.5) is 4.79 Å². The van der Waals surface area contributed by atoms with Crippen LogP contribution in [0.1, 0.15) is 25.3 Å². The van der Waals surface area contributed by atoms with E-state index >= 15 is 0 Å². The van der Waals surface area contributed by atoms with Crippen LogP contribution >= 0.6 is 12.6 Å². The maximum Gasteiger partial charge on any atom is 0.422 e. The van der Waals surface area contributed by atoms with Crippen molar-refractivity contribution in [3.05, 3.63) is 35.9 Å². The Bertz CT molecular complexity index is 470. The number of nitrogens with one attached hydrogen (secondary N) is 1. The third-order valence-corrected chi connectivity index (χ3v) is 3.23. The van der Waals surface area contributed by atoms with Gasteiger partial charge in [-0.1, -0.05) is 37.3 Å². The quantitative estimate of drug-likeness (QED) is 0.479. The van der Waals surface area contributed by atoms with E-state index in [0.29, 0.717) is 25.1 Å². The molecule has 0 bridgehead atoms. The topological polar surface area (TPSA) is 78.9 Å². The Morgan fingerprint density at radius 3 is 2.59 bits per heavy atom. The zero-order valence-corrected chi connectivity index (χ0v) is 13.5. The number of aliphatic carboxylic acids is 1. The molecule has 122 valence electrons. The second kappa shape index (κ2) is 10.1. The first-order valence-corrected chi connectivity index (χ1v) is 7.79. The molecule has 0 unspecified atom stereocenters. The highest BCUT2D eigenvalue weighted by molar-refractivity contribution is 7.80. The summed E-state index contributed by atoms with van der Waals surface area (Å²) < 4.78 is 5.11. The molecule has 0 saturated heterocycles. The predicted octanol–water partition coefficient (Wildman–Crippen LogP) is 2.31. The van der Waals surface area contributed by atoms with E-state index in [0.717, 1.165) is 5.56 Å². The molecule has 6 nitrogen and oxygen atoms in total. The summed E-state index contributed by atoms with van der Waals surface area (Å²) in [6.07, 6.45) is 0.370. The Morgan fingerprint density at radius 1 is 1.36 bits per heavy atom. The molecular weight excluding hydrogens is 304 g/mol. The molecule has 0 aliphatic rings. The molecule has 0 radical (unpaired) electrons. The van der Waals surface area contributed by atoms with Gasteiger partial charge in [-0.2, -0.15) is 12.6 Å². The molecule has 1 amide bonds. The van der Waals surface area contributed by atoms with Gasteiger partial charge in [-0.15, -0.1) is 0 Å². The Hall–Kier alpha value is -1.73. The molecule has 2 N–H and O–H groups in total. The highest BCUT2D eigenvalue weighted by Gasteiger charge is 2.26. The Labute approximate surface area is 135 Å². The largest absolute Gasteiger partial charge is 0.480 e. The van der Waals surface area contributed by atoms with Crippen molar-refractivity contribution in [3.8, 4) is 0 Å². The molecule has 1 aromatic carbocycles. The summed E-state index contributed by atoms with van der Waals surface area (Å²) in [5.41, 5.74) is 3.38. The first-order valence-electron chi connectivity index (χ1n) is 7.16. The van der Waals surface area contributed by atoms with Crippen molar-refractivity contribution in [2.24, 2.45) is 0 Å². The van der Waals surface area contributed by atoms with Crippen LogP contribution in [0.3, 0.4) is 0 Å². The van der Waals surface area contributed by atoms with E-state index in [1.165, 1.54) is 5.01 Å². The molecule has 1 rings (SSSR count). The minimum Gasteiger partial charge on any atom is -0.480 e. The van der Waals surface area contributed by atoms with Crippen LogP contribution in [0.2, 0.25) is 0 Å². The van der Waals surface area contributed by atoms with Crippen LogP contribution < -0.4 is 5.43 Å². The summed E-state index contributed by atoms with van der Waals surface area (Å²) in [6, 6.07) is 8.46. The van der Waals surface area contributed by atoms with Gasteiger partial charge in [-0.05, 0) is 24.2 Å². The van der Waals surface area contributed by atoms with Crippen LogP contribution in [-0.2, 0) is 16.1 Å². The van der Waals surface area contributed by atoms with E-state index in [9.17, 15) is 14.7 Å². The van der Waals surface area contributed by atoms with Gasteiger partial charge in [0.05, 0.1) is 0 Å². The number of hydrogen-bond acceptors (Lipinski definition) is 5. The van der Waals surface area contributed by atoms with Gasteiger partial charge in [0, 0.05) is 6.54 Å². The molecular formula is C15H22N2O4S. The smallest absolute Gasteiger partial charge is 0.422 e. The van der Waals surface area contributed by atoms with Crippen molar-refractivity contribution < 1.29 is 19.4 Å². The summed E-state index contributed by atoms with van der Waals surface area (Å²) in [6.45, 7) is 2.46. The minimum atomic E-state index is -0.995. The van der Waals surface area contributed by atoms with E-state index < -0.39 is 18.1 Å². The second-order valence-corrected chi connectivity index (χ2v) is 5.18. The van der Waals surface area contributed by atoms with Gasteiger partial charge in [0.1, 0.15) is 12.6 Å². The molecule has 0 heterocycles. The average Bonchev–Trinajstić information content (AvgIpc) is 2.51. The predicted molar refractivity (Wildman–Crippen MR) is 86.7 cm³/mol. The van der Waals surface area contributed by atoms with Crippen molar-refractivity contribution in [2.45, 2.75) is 32.4 Å². The van der Waals surface area contributed by atoms with Crippen LogP contribution in [0.25, 0.3) is 0 Å². The summed E-state index contributed by atoms with van der Waals surface area (Å²) in [7, 11) is 0. The molecule has 7 heteroatoms. The van der Waals surface area contributed by atoms with E-state index in [4.69, 9.17) is 4.74 Å². The lowest BCUT2D eigenvalue weighted by atomic mass is 10.2. The molecule has 0 aromatic heterocycles. The highest BCUT2D eigenvalue weighted by Crippen LogP contribution is 2.06. The number of hydrogen-bond donors (Lipinski definition) is 3. The zero-order chi connectivity index (χ0) is 16.4. The standard InChI is InChI=1S/C15H22N2O4S/c1-2-9-17(13(8-10-22)14(18)19)16-15(20)21-11-12-6-4-3-5-7-12/h3-7,13,22H,2,8-11H2,1H3,(H,16,20)(H,18,19)/t13-/m0/s1.